The number of anilines is 2. The van der Waals surface area contributed by atoms with E-state index in [1.807, 2.05) is 48.5 Å². The molecule has 0 spiro atoms. The summed E-state index contributed by atoms with van der Waals surface area (Å²) in [4.78, 5) is 8.91. The quantitative estimate of drug-likeness (QED) is 0.370. The summed E-state index contributed by atoms with van der Waals surface area (Å²) >= 11 is 0. The fourth-order valence-electron chi connectivity index (χ4n) is 3.77. The van der Waals surface area contributed by atoms with Gasteiger partial charge in [-0.3, -0.25) is 9.98 Å². The van der Waals surface area contributed by atoms with Gasteiger partial charge in [-0.2, -0.15) is 0 Å². The van der Waals surface area contributed by atoms with Gasteiger partial charge in [0.05, 0.1) is 13.1 Å². The summed E-state index contributed by atoms with van der Waals surface area (Å²) < 4.78 is 25.7. The van der Waals surface area contributed by atoms with E-state index in [2.05, 4.69) is 20.6 Å². The van der Waals surface area contributed by atoms with E-state index < -0.39 is 0 Å². The van der Waals surface area contributed by atoms with Crippen LogP contribution in [0.5, 0.6) is 0 Å². The molecule has 0 radical (unpaired) electrons. The molecule has 168 valence electrons. The molecule has 6 rings (SSSR count). The van der Waals surface area contributed by atoms with E-state index in [1.54, 1.807) is 24.3 Å². The van der Waals surface area contributed by atoms with E-state index in [0.29, 0.717) is 13.1 Å². The Bertz CT molecular complexity index is 1250. The Kier molecular flexibility index (Phi) is 6.12. The molecule has 0 fully saturated rings. The second-order valence-corrected chi connectivity index (χ2v) is 7.91. The van der Waals surface area contributed by atoms with Crippen molar-refractivity contribution in [2.75, 3.05) is 10.6 Å². The molecule has 0 aliphatic carbocycles. The summed E-state index contributed by atoms with van der Waals surface area (Å²) in [5.74, 6) is 1.13. The number of nitrogens with one attached hydrogen (secondary N) is 2. The Morgan fingerprint density at radius 1 is 0.500 bits per heavy atom. The van der Waals surface area contributed by atoms with Crippen LogP contribution in [-0.4, -0.2) is 11.7 Å². The van der Waals surface area contributed by atoms with E-state index in [0.717, 1.165) is 34.2 Å². The van der Waals surface area contributed by atoms with Crippen molar-refractivity contribution in [2.45, 2.75) is 13.1 Å². The third kappa shape index (κ3) is 4.86. The molecule has 4 nitrogen and oxygen atoms in total. The highest BCUT2D eigenvalue weighted by Gasteiger charge is 2.13. The first-order valence-electron chi connectivity index (χ1n) is 11.0. The summed E-state index contributed by atoms with van der Waals surface area (Å²) in [7, 11) is 0. The average Bonchev–Trinajstić information content (AvgIpc) is 2.89. The Labute approximate surface area is 196 Å². The zero-order valence-electron chi connectivity index (χ0n) is 18.3. The van der Waals surface area contributed by atoms with Gasteiger partial charge in [-0.1, -0.05) is 36.4 Å². The van der Waals surface area contributed by atoms with Gasteiger partial charge in [-0.25, -0.2) is 8.78 Å². The first-order chi connectivity index (χ1) is 16.7. The average molecular weight is 453 g/mol. The van der Waals surface area contributed by atoms with Crippen molar-refractivity contribution in [2.24, 2.45) is 9.98 Å². The monoisotopic (exact) mass is 452 g/mol. The third-order valence-corrected chi connectivity index (χ3v) is 5.59. The van der Waals surface area contributed by atoms with Crippen LogP contribution < -0.4 is 10.6 Å². The molecule has 2 N–H and O–H groups in total. The zero-order valence-corrected chi connectivity index (χ0v) is 18.3. The standard InChI is InChI=1S/2C14H11FN2/c2*15-12-7-5-10(6-8-12)14-16-9-11-3-1-2-4-13(11)17-14/h2*1-8H,9H2,(H,16,17). The zero-order chi connectivity index (χ0) is 23.3. The maximum Gasteiger partial charge on any atom is 0.133 e. The number of hydrogen-bond acceptors (Lipinski definition) is 4. The predicted molar refractivity (Wildman–Crippen MR) is 133 cm³/mol. The van der Waals surface area contributed by atoms with Crippen molar-refractivity contribution in [3.05, 3.63) is 131 Å². The van der Waals surface area contributed by atoms with Gasteiger partial charge >= 0.3 is 0 Å². The molecule has 0 saturated heterocycles. The molecule has 4 aromatic rings. The minimum Gasteiger partial charge on any atom is -0.340 e. The highest BCUT2D eigenvalue weighted by atomic mass is 19.1. The lowest BCUT2D eigenvalue weighted by atomic mass is 10.1. The maximum atomic E-state index is 12.8. The van der Waals surface area contributed by atoms with Gasteiger partial charge in [-0.15, -0.1) is 0 Å². The van der Waals surface area contributed by atoms with Crippen molar-refractivity contribution < 1.29 is 8.78 Å². The number of fused-ring (bicyclic) bond motifs is 2. The Morgan fingerprint density at radius 3 is 1.29 bits per heavy atom. The third-order valence-electron chi connectivity index (χ3n) is 5.59. The van der Waals surface area contributed by atoms with Crippen molar-refractivity contribution in [1.29, 1.82) is 0 Å². The van der Waals surface area contributed by atoms with Gasteiger partial charge in [0.25, 0.3) is 0 Å². The first-order valence-corrected chi connectivity index (χ1v) is 11.0. The number of nitrogens with zero attached hydrogens (tertiary/aromatic N) is 2. The number of rotatable bonds is 2. The summed E-state index contributed by atoms with van der Waals surface area (Å²) in [6.45, 7) is 1.33. The number of aliphatic imine (C=N–C) groups is 2. The summed E-state index contributed by atoms with van der Waals surface area (Å²) in [6.07, 6.45) is 0. The van der Waals surface area contributed by atoms with E-state index in [-0.39, 0.29) is 11.6 Å². The Hall–Kier alpha value is -4.32. The molecule has 6 heteroatoms. The van der Waals surface area contributed by atoms with Gasteiger partial charge < -0.3 is 10.6 Å². The highest BCUT2D eigenvalue weighted by Crippen LogP contribution is 2.23. The number of amidine groups is 2. The van der Waals surface area contributed by atoms with Gasteiger partial charge in [-0.05, 0) is 71.8 Å². The number of benzene rings is 4. The van der Waals surface area contributed by atoms with Crippen LogP contribution in [0.2, 0.25) is 0 Å². The van der Waals surface area contributed by atoms with Gasteiger partial charge in [0.1, 0.15) is 23.3 Å². The lowest BCUT2D eigenvalue weighted by Gasteiger charge is -2.18. The number of hydrogen-bond donors (Lipinski definition) is 2. The number of para-hydroxylation sites is 2. The van der Waals surface area contributed by atoms with E-state index in [1.165, 1.54) is 35.4 Å². The fraction of sp³-hybridized carbons (Fsp3) is 0.0714. The molecule has 2 aliphatic rings. The second kappa shape index (κ2) is 9.67. The number of halogens is 2. The van der Waals surface area contributed by atoms with Crippen molar-refractivity contribution >= 4 is 23.0 Å². The van der Waals surface area contributed by atoms with E-state index in [4.69, 9.17) is 0 Å². The van der Waals surface area contributed by atoms with Crippen molar-refractivity contribution in [1.82, 2.24) is 0 Å². The maximum absolute atomic E-state index is 12.8. The Morgan fingerprint density at radius 2 is 0.882 bits per heavy atom. The molecule has 2 aliphatic heterocycles. The molecule has 2 heterocycles. The van der Waals surface area contributed by atoms with Crippen molar-refractivity contribution in [3.8, 4) is 0 Å². The molecule has 34 heavy (non-hydrogen) atoms. The minimum absolute atomic E-state index is 0.231. The predicted octanol–water partition coefficient (Wildman–Crippen LogP) is 6.40. The van der Waals surface area contributed by atoms with Crippen LogP contribution in [-0.2, 0) is 13.1 Å². The van der Waals surface area contributed by atoms with Crippen LogP contribution in [0, 0.1) is 11.6 Å². The van der Waals surface area contributed by atoms with Crippen LogP contribution in [0.4, 0.5) is 20.2 Å². The second-order valence-electron chi connectivity index (χ2n) is 7.91. The van der Waals surface area contributed by atoms with Crippen LogP contribution in [0.3, 0.4) is 0 Å². The molecular weight excluding hydrogens is 430 g/mol. The first kappa shape index (κ1) is 21.5. The molecule has 0 amide bonds. The van der Waals surface area contributed by atoms with Gasteiger partial charge in [0.15, 0.2) is 0 Å². The summed E-state index contributed by atoms with van der Waals surface area (Å²) in [5.41, 5.74) is 6.31. The van der Waals surface area contributed by atoms with Gasteiger partial charge in [0, 0.05) is 22.5 Å². The molecule has 0 saturated carbocycles. The largest absolute Gasteiger partial charge is 0.340 e. The van der Waals surface area contributed by atoms with E-state index in [9.17, 15) is 8.78 Å². The van der Waals surface area contributed by atoms with E-state index >= 15 is 0 Å². The SMILES string of the molecule is Fc1ccc(C2=NCc3ccccc3N2)cc1.Fc1ccc(C2=NCc3ccccc3N2)cc1. The lowest BCUT2D eigenvalue weighted by molar-refractivity contribution is 0.627. The van der Waals surface area contributed by atoms with Crippen LogP contribution in [0.1, 0.15) is 22.3 Å². The topological polar surface area (TPSA) is 48.8 Å². The Balaban J connectivity index is 0.000000142. The molecule has 0 unspecified atom stereocenters. The van der Waals surface area contributed by atoms with Crippen LogP contribution in [0.25, 0.3) is 0 Å². The highest BCUT2D eigenvalue weighted by molar-refractivity contribution is 6.10. The molecule has 0 atom stereocenters. The van der Waals surface area contributed by atoms with Gasteiger partial charge in [0.2, 0.25) is 0 Å². The smallest absolute Gasteiger partial charge is 0.133 e. The fourth-order valence-corrected chi connectivity index (χ4v) is 3.77. The molecule has 0 aromatic heterocycles. The summed E-state index contributed by atoms with van der Waals surface area (Å²) in [5, 5.41) is 6.52. The van der Waals surface area contributed by atoms with Crippen LogP contribution >= 0.6 is 0 Å². The normalized spacial score (nSPS) is 13.6. The molecular formula is C28H22F2N4. The molecule has 0 bridgehead atoms. The van der Waals surface area contributed by atoms with Crippen molar-refractivity contribution in [3.63, 3.8) is 0 Å². The lowest BCUT2D eigenvalue weighted by Crippen LogP contribution is -2.18. The van der Waals surface area contributed by atoms with Crippen LogP contribution in [0.15, 0.2) is 107 Å². The molecule has 4 aromatic carbocycles. The summed E-state index contributed by atoms with van der Waals surface area (Å²) in [6, 6.07) is 28.8. The minimum atomic E-state index is -0.231.